The SMILES string of the molecule is N#CC=CCC[C@H]1CC[C@H]([C@H]2CC[C@H](CCCCc3ccc(F)cc3)CC2)CC1. The summed E-state index contributed by atoms with van der Waals surface area (Å²) in [5.41, 5.74) is 1.27. The van der Waals surface area contributed by atoms with Crippen LogP contribution in [0.4, 0.5) is 4.39 Å². The monoisotopic (exact) mass is 395 g/mol. The van der Waals surface area contributed by atoms with Crippen molar-refractivity contribution < 1.29 is 4.39 Å². The van der Waals surface area contributed by atoms with Crippen LogP contribution in [-0.2, 0) is 6.42 Å². The second-order valence-electron chi connectivity index (χ2n) is 9.54. The minimum absolute atomic E-state index is 0.133. The summed E-state index contributed by atoms with van der Waals surface area (Å²) < 4.78 is 13.0. The maximum absolute atomic E-state index is 13.0. The molecule has 0 heterocycles. The van der Waals surface area contributed by atoms with E-state index in [2.05, 4.69) is 6.07 Å². The molecule has 2 saturated carbocycles. The topological polar surface area (TPSA) is 23.8 Å². The van der Waals surface area contributed by atoms with Gasteiger partial charge in [-0.2, -0.15) is 5.26 Å². The number of aryl methyl sites for hydroxylation is 1. The maximum atomic E-state index is 13.0. The van der Waals surface area contributed by atoms with Gasteiger partial charge >= 0.3 is 0 Å². The molecule has 0 aliphatic heterocycles. The predicted molar refractivity (Wildman–Crippen MR) is 119 cm³/mol. The van der Waals surface area contributed by atoms with Gasteiger partial charge in [-0.3, -0.25) is 0 Å². The fourth-order valence-corrected chi connectivity index (χ4v) is 5.78. The van der Waals surface area contributed by atoms with Gasteiger partial charge in [-0.1, -0.05) is 56.7 Å². The van der Waals surface area contributed by atoms with Crippen LogP contribution in [0.25, 0.3) is 0 Å². The number of hydrogen-bond donors (Lipinski definition) is 0. The van der Waals surface area contributed by atoms with Crippen LogP contribution in [0.1, 0.15) is 89.0 Å². The van der Waals surface area contributed by atoms with Crippen LogP contribution in [0.2, 0.25) is 0 Å². The Morgan fingerprint density at radius 3 is 2.00 bits per heavy atom. The Bertz CT molecular complexity index is 640. The van der Waals surface area contributed by atoms with Gasteiger partial charge in [0.1, 0.15) is 5.82 Å². The van der Waals surface area contributed by atoms with E-state index >= 15 is 0 Å². The molecule has 158 valence electrons. The van der Waals surface area contributed by atoms with Crippen LogP contribution in [-0.4, -0.2) is 0 Å². The fourth-order valence-electron chi connectivity index (χ4n) is 5.78. The minimum Gasteiger partial charge on any atom is -0.207 e. The molecule has 0 saturated heterocycles. The van der Waals surface area contributed by atoms with E-state index < -0.39 is 0 Å². The van der Waals surface area contributed by atoms with Crippen LogP contribution < -0.4 is 0 Å². The van der Waals surface area contributed by atoms with Crippen LogP contribution in [0.5, 0.6) is 0 Å². The number of rotatable bonds is 9. The molecule has 29 heavy (non-hydrogen) atoms. The minimum atomic E-state index is -0.133. The molecule has 2 aliphatic carbocycles. The number of benzene rings is 1. The summed E-state index contributed by atoms with van der Waals surface area (Å²) in [6.45, 7) is 0. The van der Waals surface area contributed by atoms with Crippen molar-refractivity contribution in [2.75, 3.05) is 0 Å². The lowest BCUT2D eigenvalue weighted by atomic mass is 9.68. The van der Waals surface area contributed by atoms with E-state index in [0.29, 0.717) is 0 Å². The van der Waals surface area contributed by atoms with Crippen LogP contribution in [0, 0.1) is 40.8 Å². The van der Waals surface area contributed by atoms with Crippen molar-refractivity contribution in [1.82, 2.24) is 0 Å². The van der Waals surface area contributed by atoms with Gasteiger partial charge in [-0.15, -0.1) is 0 Å². The molecular formula is C27H38FN. The molecule has 0 bridgehead atoms. The van der Waals surface area contributed by atoms with E-state index in [4.69, 9.17) is 5.26 Å². The number of nitrogens with zero attached hydrogens (tertiary/aromatic N) is 1. The summed E-state index contributed by atoms with van der Waals surface area (Å²) in [6.07, 6.45) is 22.6. The van der Waals surface area contributed by atoms with E-state index in [-0.39, 0.29) is 5.82 Å². The van der Waals surface area contributed by atoms with E-state index in [1.54, 1.807) is 18.2 Å². The lowest BCUT2D eigenvalue weighted by molar-refractivity contribution is 0.140. The summed E-state index contributed by atoms with van der Waals surface area (Å²) in [6, 6.07) is 9.11. The highest BCUT2D eigenvalue weighted by molar-refractivity contribution is 5.15. The van der Waals surface area contributed by atoms with E-state index in [0.717, 1.165) is 36.5 Å². The first-order chi connectivity index (χ1) is 14.2. The summed E-state index contributed by atoms with van der Waals surface area (Å²) in [5, 5.41) is 8.57. The highest BCUT2D eigenvalue weighted by atomic mass is 19.1. The van der Waals surface area contributed by atoms with Crippen molar-refractivity contribution in [2.45, 2.75) is 89.9 Å². The predicted octanol–water partition coefficient (Wildman–Crippen LogP) is 8.01. The van der Waals surface area contributed by atoms with Crippen molar-refractivity contribution in [3.63, 3.8) is 0 Å². The zero-order chi connectivity index (χ0) is 20.3. The third-order valence-electron chi connectivity index (χ3n) is 7.62. The summed E-state index contributed by atoms with van der Waals surface area (Å²) in [5.74, 6) is 3.69. The number of halogens is 1. The average Bonchev–Trinajstić information content (AvgIpc) is 2.76. The Hall–Kier alpha value is -1.62. The van der Waals surface area contributed by atoms with Gasteiger partial charge in [0.05, 0.1) is 6.07 Å². The highest BCUT2D eigenvalue weighted by Crippen LogP contribution is 2.43. The molecule has 0 atom stereocenters. The number of hydrogen-bond acceptors (Lipinski definition) is 1. The first-order valence-corrected chi connectivity index (χ1v) is 12.0. The fraction of sp³-hybridized carbons (Fsp3) is 0.667. The van der Waals surface area contributed by atoms with E-state index in [9.17, 15) is 4.39 Å². The van der Waals surface area contributed by atoms with Crippen molar-refractivity contribution >= 4 is 0 Å². The van der Waals surface area contributed by atoms with Crippen molar-refractivity contribution in [2.24, 2.45) is 23.7 Å². The van der Waals surface area contributed by atoms with Crippen LogP contribution in [0.3, 0.4) is 0 Å². The molecule has 0 N–H and O–H groups in total. The molecule has 0 amide bonds. The van der Waals surface area contributed by atoms with Crippen molar-refractivity contribution in [3.05, 3.63) is 47.8 Å². The zero-order valence-corrected chi connectivity index (χ0v) is 18.0. The lowest BCUT2D eigenvalue weighted by Gasteiger charge is -2.38. The first-order valence-electron chi connectivity index (χ1n) is 12.0. The van der Waals surface area contributed by atoms with Crippen LogP contribution >= 0.6 is 0 Å². The highest BCUT2D eigenvalue weighted by Gasteiger charge is 2.30. The third kappa shape index (κ3) is 7.61. The van der Waals surface area contributed by atoms with Gasteiger partial charge in [0.25, 0.3) is 0 Å². The molecule has 1 nitrogen and oxygen atoms in total. The first kappa shape index (κ1) is 22.1. The van der Waals surface area contributed by atoms with Crippen molar-refractivity contribution in [1.29, 1.82) is 5.26 Å². The smallest absolute Gasteiger partial charge is 0.123 e. The molecule has 0 spiro atoms. The molecule has 2 heteroatoms. The van der Waals surface area contributed by atoms with Gasteiger partial charge in [-0.25, -0.2) is 4.39 Å². The summed E-state index contributed by atoms with van der Waals surface area (Å²) in [4.78, 5) is 0. The van der Waals surface area contributed by atoms with Gasteiger partial charge in [0.15, 0.2) is 0 Å². The molecule has 3 rings (SSSR count). The standard InChI is InChI=1S/C27H38FN/c28-27-19-13-24(14-20-27)8-4-3-7-23-11-17-26(18-12-23)25-15-9-22(10-16-25)6-2-1-5-21-29/h1,5,13-14,19-20,22-23,25-26H,2-4,6-12,15-18H2/t22-,23-,25-,26-. The molecular weight excluding hydrogens is 357 g/mol. The quantitative estimate of drug-likeness (QED) is 0.307. The number of nitriles is 1. The molecule has 2 fully saturated rings. The van der Waals surface area contributed by atoms with Gasteiger partial charge in [0, 0.05) is 6.08 Å². The zero-order valence-electron chi connectivity index (χ0n) is 18.0. The van der Waals surface area contributed by atoms with Crippen LogP contribution in [0.15, 0.2) is 36.4 Å². The van der Waals surface area contributed by atoms with Gasteiger partial charge < -0.3 is 0 Å². The van der Waals surface area contributed by atoms with E-state index in [1.165, 1.54) is 82.6 Å². The second-order valence-corrected chi connectivity index (χ2v) is 9.54. The van der Waals surface area contributed by atoms with Crippen molar-refractivity contribution in [3.8, 4) is 6.07 Å². The molecule has 0 radical (unpaired) electrons. The molecule has 1 aromatic carbocycles. The summed E-state index contributed by atoms with van der Waals surface area (Å²) >= 11 is 0. The molecule has 0 aromatic heterocycles. The average molecular weight is 396 g/mol. The summed E-state index contributed by atoms with van der Waals surface area (Å²) in [7, 11) is 0. The molecule has 0 unspecified atom stereocenters. The Morgan fingerprint density at radius 2 is 1.41 bits per heavy atom. The normalized spacial score (nSPS) is 27.7. The lowest BCUT2D eigenvalue weighted by Crippen LogP contribution is -2.25. The number of unbranched alkanes of at least 4 members (excludes halogenated alkanes) is 1. The Balaban J connectivity index is 1.25. The van der Waals surface area contributed by atoms with E-state index in [1.807, 2.05) is 18.2 Å². The Labute approximate surface area is 177 Å². The second kappa shape index (κ2) is 12.2. The van der Waals surface area contributed by atoms with Gasteiger partial charge in [-0.05, 0) is 92.7 Å². The van der Waals surface area contributed by atoms with Gasteiger partial charge in [0.2, 0.25) is 0 Å². The maximum Gasteiger partial charge on any atom is 0.123 e. The largest absolute Gasteiger partial charge is 0.207 e. The number of allylic oxidation sites excluding steroid dienone is 2. The Morgan fingerprint density at radius 1 is 0.828 bits per heavy atom. The Kier molecular flexibility index (Phi) is 9.26. The molecule has 2 aliphatic rings. The third-order valence-corrected chi connectivity index (χ3v) is 7.62. The molecule has 1 aromatic rings.